The lowest BCUT2D eigenvalue weighted by molar-refractivity contribution is -0.0500. The van der Waals surface area contributed by atoms with Crippen LogP contribution < -0.4 is 14.2 Å². The maximum Gasteiger partial charge on any atom is 0.534 e. The molecule has 1 aromatic carbocycles. The predicted octanol–water partition coefficient (Wildman–Crippen LogP) is 2.93. The van der Waals surface area contributed by atoms with Gasteiger partial charge in [0, 0.05) is 50.4 Å². The zero-order valence-corrected chi connectivity index (χ0v) is 19.1. The molecule has 1 aromatic rings. The first-order valence-corrected chi connectivity index (χ1v) is 11.7. The van der Waals surface area contributed by atoms with Crippen LogP contribution in [0.25, 0.3) is 0 Å². The Bertz CT molecular complexity index is 871. The number of carbonyl (C=O) groups is 1. The molecule has 0 spiro atoms. The van der Waals surface area contributed by atoms with Gasteiger partial charge in [-0.3, -0.25) is 4.79 Å². The average Bonchev–Trinajstić information content (AvgIpc) is 2.70. The van der Waals surface area contributed by atoms with E-state index in [1.165, 1.54) is 13.2 Å². The molecule has 0 unspecified atom stereocenters. The summed E-state index contributed by atoms with van der Waals surface area (Å²) >= 11 is 0. The topological polar surface area (TPSA) is 94.2 Å². The number of benzene rings is 1. The van der Waals surface area contributed by atoms with E-state index in [0.29, 0.717) is 19.6 Å². The molecule has 32 heavy (non-hydrogen) atoms. The number of methoxy groups -OCH3 is 1. The fourth-order valence-electron chi connectivity index (χ4n) is 3.44. The van der Waals surface area contributed by atoms with Crippen molar-refractivity contribution in [2.45, 2.75) is 50.7 Å². The molecular weight excluding hydrogens is 453 g/mol. The van der Waals surface area contributed by atoms with Crippen LogP contribution in [0.1, 0.15) is 43.5 Å². The lowest BCUT2D eigenvalue weighted by atomic mass is 10.0. The van der Waals surface area contributed by atoms with Crippen LogP contribution in [0.2, 0.25) is 0 Å². The molecule has 2 rings (SSSR count). The minimum atomic E-state index is -5.91. The van der Waals surface area contributed by atoms with Crippen molar-refractivity contribution in [2.24, 2.45) is 0 Å². The van der Waals surface area contributed by atoms with Crippen LogP contribution in [0, 0.1) is 0 Å². The molecule has 1 saturated heterocycles. The van der Waals surface area contributed by atoms with Crippen molar-refractivity contribution in [2.75, 3.05) is 33.4 Å². The van der Waals surface area contributed by atoms with E-state index < -0.39 is 27.3 Å². The Kier molecular flexibility index (Phi) is 9.17. The highest BCUT2D eigenvalue weighted by atomic mass is 32.2. The molecule has 0 bridgehead atoms. The number of halogens is 3. The van der Waals surface area contributed by atoms with E-state index in [9.17, 15) is 26.4 Å². The lowest BCUT2D eigenvalue weighted by Gasteiger charge is -2.37. The number of nitrogens with zero attached hydrogens (tertiary/aromatic N) is 1. The van der Waals surface area contributed by atoms with Gasteiger partial charge in [0.05, 0.1) is 6.61 Å². The molecule has 1 aliphatic heterocycles. The molecule has 0 aromatic heterocycles. The number of ether oxygens (including phenoxy) is 2. The number of rotatable bonds is 10. The average molecular weight is 483 g/mol. The van der Waals surface area contributed by atoms with E-state index >= 15 is 0 Å². The van der Waals surface area contributed by atoms with Crippen molar-refractivity contribution < 1.29 is 40.0 Å². The molecule has 0 saturated carbocycles. The second-order valence-electron chi connectivity index (χ2n) is 7.68. The number of nitrogens with one attached hydrogen (secondary N) is 1. The molecular formula is C20H29F3N2O6S. The first-order valence-electron chi connectivity index (χ1n) is 10.3. The molecule has 1 heterocycles. The van der Waals surface area contributed by atoms with Crippen molar-refractivity contribution in [3.63, 3.8) is 0 Å². The van der Waals surface area contributed by atoms with E-state index in [1.807, 2.05) is 13.8 Å². The maximum absolute atomic E-state index is 13.3. The largest absolute Gasteiger partial charge is 0.534 e. The summed E-state index contributed by atoms with van der Waals surface area (Å²) in [7, 11) is -4.40. The van der Waals surface area contributed by atoms with Gasteiger partial charge < -0.3 is 23.9 Å². The van der Waals surface area contributed by atoms with Crippen molar-refractivity contribution in [3.8, 4) is 11.5 Å². The van der Waals surface area contributed by atoms with Gasteiger partial charge >= 0.3 is 15.6 Å². The Balaban J connectivity index is 2.38. The van der Waals surface area contributed by atoms with E-state index in [1.54, 1.807) is 4.90 Å². The molecule has 0 radical (unpaired) electrons. The summed E-state index contributed by atoms with van der Waals surface area (Å²) in [4.78, 5) is 15.0. The SMILES string of the molecule is COCCCOc1cc(OS(=O)(=O)C(F)(F)F)cc(C(=O)N(C(C)C)[C@@H]2CCCNC2)c1. The fraction of sp³-hybridized carbons (Fsp3) is 0.650. The summed E-state index contributed by atoms with van der Waals surface area (Å²) in [5.41, 5.74) is -5.63. The quantitative estimate of drug-likeness (QED) is 0.311. The third-order valence-corrected chi connectivity index (χ3v) is 5.81. The van der Waals surface area contributed by atoms with Crippen LogP contribution >= 0.6 is 0 Å². The molecule has 1 N–H and O–H groups in total. The Morgan fingerprint density at radius 2 is 1.91 bits per heavy atom. The number of amides is 1. The molecule has 1 aliphatic rings. The predicted molar refractivity (Wildman–Crippen MR) is 111 cm³/mol. The highest BCUT2D eigenvalue weighted by Gasteiger charge is 2.48. The van der Waals surface area contributed by atoms with Gasteiger partial charge in [-0.25, -0.2) is 0 Å². The third kappa shape index (κ3) is 6.97. The Labute approximate surface area is 186 Å². The second-order valence-corrected chi connectivity index (χ2v) is 9.22. The zero-order chi connectivity index (χ0) is 23.9. The first kappa shape index (κ1) is 26.2. The molecule has 8 nitrogen and oxygen atoms in total. The van der Waals surface area contributed by atoms with Gasteiger partial charge in [-0.15, -0.1) is 0 Å². The van der Waals surface area contributed by atoms with Gasteiger partial charge in [0.25, 0.3) is 5.91 Å². The summed E-state index contributed by atoms with van der Waals surface area (Å²) in [6, 6.07) is 3.06. The minimum Gasteiger partial charge on any atom is -0.493 e. The normalized spacial score (nSPS) is 17.3. The lowest BCUT2D eigenvalue weighted by Crippen LogP contribution is -2.51. The van der Waals surface area contributed by atoms with Crippen LogP contribution in [-0.2, 0) is 14.9 Å². The van der Waals surface area contributed by atoms with Gasteiger partial charge in [-0.1, -0.05) is 0 Å². The van der Waals surface area contributed by atoms with Gasteiger partial charge in [0.2, 0.25) is 0 Å². The van der Waals surface area contributed by atoms with Crippen molar-refractivity contribution >= 4 is 16.0 Å². The van der Waals surface area contributed by atoms with Gasteiger partial charge in [0.15, 0.2) is 0 Å². The summed E-state index contributed by atoms with van der Waals surface area (Å²) in [6.45, 7) is 5.64. The van der Waals surface area contributed by atoms with Crippen LogP contribution in [0.15, 0.2) is 18.2 Å². The smallest absolute Gasteiger partial charge is 0.493 e. The monoisotopic (exact) mass is 482 g/mol. The summed E-state index contributed by atoms with van der Waals surface area (Å²) < 4.78 is 76.1. The van der Waals surface area contributed by atoms with Crippen LogP contribution in [0.4, 0.5) is 13.2 Å². The highest BCUT2D eigenvalue weighted by Crippen LogP contribution is 2.31. The molecule has 1 fully saturated rings. The molecule has 1 atom stereocenters. The number of hydrogen-bond acceptors (Lipinski definition) is 7. The number of hydrogen-bond donors (Lipinski definition) is 1. The molecule has 12 heteroatoms. The summed E-state index contributed by atoms with van der Waals surface area (Å²) in [5, 5.41) is 3.23. The standard InChI is InChI=1S/C20H29F3N2O6S/c1-14(2)25(16-6-4-7-24-13-16)19(26)15-10-17(30-9-5-8-29-3)12-18(11-15)31-32(27,28)20(21,22)23/h10-12,14,16,24H,4-9,13H2,1-3H3/t16-/m1/s1. The highest BCUT2D eigenvalue weighted by molar-refractivity contribution is 7.88. The first-order chi connectivity index (χ1) is 15.0. The molecule has 0 aliphatic carbocycles. The number of piperidine rings is 1. The van der Waals surface area contributed by atoms with E-state index in [2.05, 4.69) is 9.50 Å². The van der Waals surface area contributed by atoms with E-state index in [0.717, 1.165) is 31.5 Å². The summed E-state index contributed by atoms with van der Waals surface area (Å²) in [5.74, 6) is -1.09. The van der Waals surface area contributed by atoms with Crippen molar-refractivity contribution in [3.05, 3.63) is 23.8 Å². The van der Waals surface area contributed by atoms with Crippen molar-refractivity contribution in [1.82, 2.24) is 10.2 Å². The van der Waals surface area contributed by atoms with Gasteiger partial charge in [-0.2, -0.15) is 21.6 Å². The summed E-state index contributed by atoms with van der Waals surface area (Å²) in [6.07, 6.45) is 2.13. The minimum absolute atomic E-state index is 0.0183. The third-order valence-electron chi connectivity index (χ3n) is 4.83. The maximum atomic E-state index is 13.3. The number of carbonyl (C=O) groups excluding carboxylic acids is 1. The molecule has 182 valence electrons. The Morgan fingerprint density at radius 3 is 2.47 bits per heavy atom. The fourth-order valence-corrected chi connectivity index (χ4v) is 3.88. The van der Waals surface area contributed by atoms with Crippen LogP contribution in [0.5, 0.6) is 11.5 Å². The zero-order valence-electron chi connectivity index (χ0n) is 18.3. The van der Waals surface area contributed by atoms with Crippen LogP contribution in [-0.4, -0.2) is 70.2 Å². The van der Waals surface area contributed by atoms with E-state index in [4.69, 9.17) is 9.47 Å². The second kappa shape index (κ2) is 11.2. The van der Waals surface area contributed by atoms with Gasteiger partial charge in [-0.05, 0) is 45.4 Å². The Morgan fingerprint density at radius 1 is 1.22 bits per heavy atom. The van der Waals surface area contributed by atoms with Crippen LogP contribution in [0.3, 0.4) is 0 Å². The molecule has 1 amide bonds. The van der Waals surface area contributed by atoms with E-state index in [-0.39, 0.29) is 30.0 Å². The van der Waals surface area contributed by atoms with Gasteiger partial charge in [0.1, 0.15) is 11.5 Å². The van der Waals surface area contributed by atoms with Crippen molar-refractivity contribution in [1.29, 1.82) is 0 Å². The Hall–Kier alpha value is -2.05. The number of alkyl halides is 3.